The average molecular weight is 394 g/mol. The van der Waals surface area contributed by atoms with Crippen molar-refractivity contribution >= 4 is 40.7 Å². The molecule has 2 rings (SSSR count). The van der Waals surface area contributed by atoms with Gasteiger partial charge in [-0.2, -0.15) is 0 Å². The van der Waals surface area contributed by atoms with E-state index in [1.54, 1.807) is 24.3 Å². The molecule has 1 atom stereocenters. The highest BCUT2D eigenvalue weighted by atomic mass is 35.5. The highest BCUT2D eigenvalue weighted by molar-refractivity contribution is 6.32. The minimum Gasteiger partial charge on any atom is -0.346 e. The molecule has 0 spiro atoms. The smallest absolute Gasteiger partial charge is 0.243 e. The standard InChI is InChI=1S/C19H21Cl2N3O2/c1-12-15(20)8-5-9-17(12)24-19(26)11-23-18(25)10-22-13(2)14-6-3-4-7-16(14)21/h3-9,13,22H,10-11H2,1-2H3,(H,23,25)(H,24,26)/t13-/m1/s1. The summed E-state index contributed by atoms with van der Waals surface area (Å²) in [6.07, 6.45) is 0. The Kier molecular flexibility index (Phi) is 7.45. The number of hydrogen-bond donors (Lipinski definition) is 3. The van der Waals surface area contributed by atoms with E-state index >= 15 is 0 Å². The van der Waals surface area contributed by atoms with Crippen LogP contribution in [0.4, 0.5) is 5.69 Å². The van der Waals surface area contributed by atoms with Gasteiger partial charge in [-0.1, -0.05) is 47.5 Å². The first kappa shape index (κ1) is 20.2. The van der Waals surface area contributed by atoms with Crippen LogP contribution in [0, 0.1) is 6.92 Å². The third kappa shape index (κ3) is 5.73. The van der Waals surface area contributed by atoms with Gasteiger partial charge in [0.25, 0.3) is 0 Å². The largest absolute Gasteiger partial charge is 0.346 e. The fourth-order valence-corrected chi connectivity index (χ4v) is 2.83. The van der Waals surface area contributed by atoms with E-state index in [1.165, 1.54) is 0 Å². The number of nitrogens with one attached hydrogen (secondary N) is 3. The van der Waals surface area contributed by atoms with E-state index < -0.39 is 0 Å². The van der Waals surface area contributed by atoms with Crippen molar-refractivity contribution in [2.75, 3.05) is 18.4 Å². The predicted molar refractivity (Wildman–Crippen MR) is 106 cm³/mol. The van der Waals surface area contributed by atoms with Crippen LogP contribution in [0.25, 0.3) is 0 Å². The first-order valence-corrected chi connectivity index (χ1v) is 8.93. The van der Waals surface area contributed by atoms with E-state index in [0.717, 1.165) is 11.1 Å². The van der Waals surface area contributed by atoms with Crippen LogP contribution in [0.5, 0.6) is 0 Å². The number of anilines is 1. The van der Waals surface area contributed by atoms with Crippen molar-refractivity contribution in [3.8, 4) is 0 Å². The van der Waals surface area contributed by atoms with E-state index in [9.17, 15) is 9.59 Å². The van der Waals surface area contributed by atoms with Gasteiger partial charge in [0, 0.05) is 21.8 Å². The van der Waals surface area contributed by atoms with Crippen LogP contribution in [-0.4, -0.2) is 24.9 Å². The zero-order valence-corrected chi connectivity index (χ0v) is 16.1. The summed E-state index contributed by atoms with van der Waals surface area (Å²) >= 11 is 12.2. The summed E-state index contributed by atoms with van der Waals surface area (Å²) in [7, 11) is 0. The summed E-state index contributed by atoms with van der Waals surface area (Å²) in [6.45, 7) is 3.70. The minimum absolute atomic E-state index is 0.0792. The van der Waals surface area contributed by atoms with Gasteiger partial charge < -0.3 is 16.0 Å². The molecule has 0 aliphatic rings. The van der Waals surface area contributed by atoms with E-state index in [0.29, 0.717) is 15.7 Å². The minimum atomic E-state index is -0.317. The Morgan fingerprint density at radius 1 is 0.962 bits per heavy atom. The molecule has 3 N–H and O–H groups in total. The number of halogens is 2. The normalized spacial score (nSPS) is 11.7. The molecule has 0 bridgehead atoms. The van der Waals surface area contributed by atoms with Gasteiger partial charge in [-0.15, -0.1) is 0 Å². The molecular weight excluding hydrogens is 373 g/mol. The summed E-state index contributed by atoms with van der Waals surface area (Å²) < 4.78 is 0. The quantitative estimate of drug-likeness (QED) is 0.671. The number of rotatable bonds is 7. The maximum absolute atomic E-state index is 12.0. The number of hydrogen-bond acceptors (Lipinski definition) is 3. The molecule has 7 heteroatoms. The van der Waals surface area contributed by atoms with Crippen LogP contribution in [-0.2, 0) is 9.59 Å². The van der Waals surface area contributed by atoms with Gasteiger partial charge in [0.05, 0.1) is 13.1 Å². The van der Waals surface area contributed by atoms with Gasteiger partial charge in [-0.05, 0) is 43.2 Å². The molecule has 0 fully saturated rings. The molecule has 0 aromatic heterocycles. The van der Waals surface area contributed by atoms with Crippen molar-refractivity contribution in [3.63, 3.8) is 0 Å². The maximum Gasteiger partial charge on any atom is 0.243 e. The van der Waals surface area contributed by atoms with E-state index in [4.69, 9.17) is 23.2 Å². The topological polar surface area (TPSA) is 70.2 Å². The molecule has 2 aromatic rings. The zero-order chi connectivity index (χ0) is 19.1. The van der Waals surface area contributed by atoms with Crippen LogP contribution < -0.4 is 16.0 Å². The average Bonchev–Trinajstić information content (AvgIpc) is 2.62. The van der Waals surface area contributed by atoms with Crippen molar-refractivity contribution in [2.24, 2.45) is 0 Å². The molecule has 0 radical (unpaired) electrons. The molecule has 0 aliphatic carbocycles. The Labute approximate surface area is 163 Å². The van der Waals surface area contributed by atoms with Crippen molar-refractivity contribution in [1.82, 2.24) is 10.6 Å². The Morgan fingerprint density at radius 2 is 1.65 bits per heavy atom. The Hall–Kier alpha value is -2.08. The number of carbonyl (C=O) groups excluding carboxylic acids is 2. The number of carbonyl (C=O) groups is 2. The summed E-state index contributed by atoms with van der Waals surface area (Å²) in [5.74, 6) is -0.593. The second-order valence-corrected chi connectivity index (χ2v) is 6.68. The summed E-state index contributed by atoms with van der Waals surface area (Å²) in [4.78, 5) is 23.9. The van der Waals surface area contributed by atoms with Crippen LogP contribution in [0.2, 0.25) is 10.0 Å². The van der Waals surface area contributed by atoms with Crippen molar-refractivity contribution in [3.05, 3.63) is 63.6 Å². The van der Waals surface area contributed by atoms with Crippen molar-refractivity contribution in [1.29, 1.82) is 0 Å². The lowest BCUT2D eigenvalue weighted by atomic mass is 10.1. The van der Waals surface area contributed by atoms with E-state index in [2.05, 4.69) is 16.0 Å². The number of benzene rings is 2. The third-order valence-electron chi connectivity index (χ3n) is 3.93. The van der Waals surface area contributed by atoms with Crippen LogP contribution in [0.15, 0.2) is 42.5 Å². The fraction of sp³-hybridized carbons (Fsp3) is 0.263. The van der Waals surface area contributed by atoms with Gasteiger partial charge in [0.2, 0.25) is 11.8 Å². The summed E-state index contributed by atoms with van der Waals surface area (Å²) in [5, 5.41) is 9.61. The Bertz CT molecular complexity index is 796. The highest BCUT2D eigenvalue weighted by Crippen LogP contribution is 2.23. The molecule has 5 nitrogen and oxygen atoms in total. The lowest BCUT2D eigenvalue weighted by Gasteiger charge is -2.15. The Balaban J connectivity index is 1.77. The first-order valence-electron chi connectivity index (χ1n) is 8.18. The van der Waals surface area contributed by atoms with Crippen molar-refractivity contribution < 1.29 is 9.59 Å². The monoisotopic (exact) mass is 393 g/mol. The van der Waals surface area contributed by atoms with Crippen LogP contribution >= 0.6 is 23.2 Å². The summed E-state index contributed by atoms with van der Waals surface area (Å²) in [5.41, 5.74) is 2.32. The van der Waals surface area contributed by atoms with Crippen LogP contribution in [0.3, 0.4) is 0 Å². The Morgan fingerprint density at radius 3 is 2.38 bits per heavy atom. The predicted octanol–water partition coefficient (Wildman–Crippen LogP) is 3.71. The lowest BCUT2D eigenvalue weighted by molar-refractivity contribution is -0.123. The second-order valence-electron chi connectivity index (χ2n) is 5.86. The molecule has 2 aromatic carbocycles. The first-order chi connectivity index (χ1) is 12.4. The van der Waals surface area contributed by atoms with Gasteiger partial charge in [0.15, 0.2) is 0 Å². The highest BCUT2D eigenvalue weighted by Gasteiger charge is 2.12. The van der Waals surface area contributed by atoms with Gasteiger partial charge in [-0.25, -0.2) is 0 Å². The molecule has 2 amide bonds. The summed E-state index contributed by atoms with van der Waals surface area (Å²) in [6, 6.07) is 12.6. The number of amides is 2. The second kappa shape index (κ2) is 9.57. The lowest BCUT2D eigenvalue weighted by Crippen LogP contribution is -2.39. The van der Waals surface area contributed by atoms with Gasteiger partial charge >= 0.3 is 0 Å². The molecule has 0 heterocycles. The molecule has 0 unspecified atom stereocenters. The fourth-order valence-electron chi connectivity index (χ4n) is 2.36. The van der Waals surface area contributed by atoms with E-state index in [-0.39, 0.29) is 30.9 Å². The SMILES string of the molecule is Cc1c(Cl)cccc1NC(=O)CNC(=O)CN[C@H](C)c1ccccc1Cl. The molecule has 0 saturated heterocycles. The van der Waals surface area contributed by atoms with Gasteiger partial charge in [-0.3, -0.25) is 9.59 Å². The molecule has 138 valence electrons. The molecule has 0 saturated carbocycles. The maximum atomic E-state index is 12.0. The molecule has 26 heavy (non-hydrogen) atoms. The third-order valence-corrected chi connectivity index (χ3v) is 4.68. The zero-order valence-electron chi connectivity index (χ0n) is 14.6. The molecule has 0 aliphatic heterocycles. The molecular formula is C19H21Cl2N3O2. The van der Waals surface area contributed by atoms with E-state index in [1.807, 2.05) is 32.0 Å². The van der Waals surface area contributed by atoms with Gasteiger partial charge in [0.1, 0.15) is 0 Å². The van der Waals surface area contributed by atoms with Crippen molar-refractivity contribution in [2.45, 2.75) is 19.9 Å². The van der Waals surface area contributed by atoms with Crippen LogP contribution in [0.1, 0.15) is 24.1 Å².